The Morgan fingerprint density at radius 2 is 1.13 bits per heavy atom. The van der Waals surface area contributed by atoms with Gasteiger partial charge in [0.25, 0.3) is 0 Å². The zero-order valence-corrected chi connectivity index (χ0v) is 34.6. The van der Waals surface area contributed by atoms with Gasteiger partial charge in [0, 0.05) is 22.6 Å². The smallest absolute Gasteiger partial charge is 0.145 e. The second-order valence-electron chi connectivity index (χ2n) is 16.9. The summed E-state index contributed by atoms with van der Waals surface area (Å²) in [6.07, 6.45) is 15.8. The summed E-state index contributed by atoms with van der Waals surface area (Å²) >= 11 is 0. The highest BCUT2D eigenvalue weighted by atomic mass is 15.1. The molecule has 0 saturated heterocycles. The Bertz CT molecular complexity index is 3270. The fraction of sp³-hybridized carbons (Fsp3) is 0.102. The van der Waals surface area contributed by atoms with Gasteiger partial charge < -0.3 is 0 Å². The third kappa shape index (κ3) is 6.30. The van der Waals surface area contributed by atoms with Crippen LogP contribution in [0.25, 0.3) is 88.4 Å². The van der Waals surface area contributed by atoms with Crippen molar-refractivity contribution in [2.24, 2.45) is 5.92 Å². The van der Waals surface area contributed by atoms with Gasteiger partial charge >= 0.3 is 0 Å². The summed E-state index contributed by atoms with van der Waals surface area (Å²) in [5, 5.41) is 5.01. The first-order valence-corrected chi connectivity index (χ1v) is 21.6. The van der Waals surface area contributed by atoms with Crippen molar-refractivity contribution >= 4 is 43.8 Å². The zero-order valence-electron chi connectivity index (χ0n) is 34.6. The van der Waals surface area contributed by atoms with Gasteiger partial charge in [-0.05, 0) is 109 Å². The van der Waals surface area contributed by atoms with Crippen LogP contribution in [0.5, 0.6) is 0 Å². The van der Waals surface area contributed by atoms with E-state index in [4.69, 9.17) is 4.98 Å². The van der Waals surface area contributed by atoms with Gasteiger partial charge in [-0.25, -0.2) is 4.98 Å². The summed E-state index contributed by atoms with van der Waals surface area (Å²) in [6.45, 7) is 4.71. The number of fused-ring (bicyclic) bond motifs is 3. The molecule has 0 radical (unpaired) electrons. The molecule has 11 rings (SSSR count). The molecule has 292 valence electrons. The molecule has 0 N–H and O–H groups in total. The average Bonchev–Trinajstić information content (AvgIpc) is 3.71. The molecule has 1 heterocycles. The van der Waals surface area contributed by atoms with E-state index in [-0.39, 0.29) is 5.41 Å². The van der Waals surface area contributed by atoms with Gasteiger partial charge in [-0.1, -0.05) is 202 Å². The van der Waals surface area contributed by atoms with Crippen LogP contribution >= 0.6 is 0 Å². The van der Waals surface area contributed by atoms with Crippen molar-refractivity contribution < 1.29 is 0 Å². The third-order valence-electron chi connectivity index (χ3n) is 13.1. The van der Waals surface area contributed by atoms with Gasteiger partial charge in [-0.15, -0.1) is 0 Å². The van der Waals surface area contributed by atoms with E-state index in [1.807, 2.05) is 0 Å². The monoisotopic (exact) mass is 782 g/mol. The van der Waals surface area contributed by atoms with E-state index in [0.717, 1.165) is 29.7 Å². The van der Waals surface area contributed by atoms with Crippen LogP contribution in [0.15, 0.2) is 212 Å². The molecule has 2 aliphatic rings. The molecule has 8 aromatic carbocycles. The summed E-state index contributed by atoms with van der Waals surface area (Å²) < 4.78 is 2.40. The maximum Gasteiger partial charge on any atom is 0.145 e. The molecule has 9 aromatic rings. The fourth-order valence-corrected chi connectivity index (χ4v) is 9.88. The Hall–Kier alpha value is -7.29. The molecule has 0 bridgehead atoms. The molecular formula is C59H46N2. The minimum Gasteiger partial charge on any atom is -0.296 e. The Morgan fingerprint density at radius 1 is 0.574 bits per heavy atom. The van der Waals surface area contributed by atoms with Gasteiger partial charge in [-0.2, -0.15) is 0 Å². The molecule has 1 aromatic heterocycles. The van der Waals surface area contributed by atoms with Crippen LogP contribution in [-0.2, 0) is 5.41 Å². The predicted octanol–water partition coefficient (Wildman–Crippen LogP) is 15.7. The van der Waals surface area contributed by atoms with Crippen molar-refractivity contribution in [3.05, 3.63) is 224 Å². The second-order valence-corrected chi connectivity index (χ2v) is 16.9. The Morgan fingerprint density at radius 3 is 1.75 bits per heavy atom. The summed E-state index contributed by atoms with van der Waals surface area (Å²) in [5.74, 6) is 1.42. The van der Waals surface area contributed by atoms with E-state index < -0.39 is 0 Å². The number of aromatic nitrogens is 2. The van der Waals surface area contributed by atoms with Gasteiger partial charge in [0.15, 0.2) is 0 Å². The van der Waals surface area contributed by atoms with Gasteiger partial charge in [0.1, 0.15) is 5.82 Å². The van der Waals surface area contributed by atoms with E-state index in [0.29, 0.717) is 5.92 Å². The molecule has 2 nitrogen and oxygen atoms in total. The van der Waals surface area contributed by atoms with Gasteiger partial charge in [0.2, 0.25) is 0 Å². The topological polar surface area (TPSA) is 17.8 Å². The van der Waals surface area contributed by atoms with Crippen LogP contribution < -0.4 is 0 Å². The van der Waals surface area contributed by atoms with Gasteiger partial charge in [0.05, 0.1) is 11.0 Å². The van der Waals surface area contributed by atoms with Crippen LogP contribution in [0.2, 0.25) is 0 Å². The highest BCUT2D eigenvalue weighted by Gasteiger charge is 2.30. The maximum absolute atomic E-state index is 5.26. The Kier molecular flexibility index (Phi) is 9.08. The number of rotatable bonds is 7. The molecule has 2 heteroatoms. The summed E-state index contributed by atoms with van der Waals surface area (Å²) in [7, 11) is 0. The van der Waals surface area contributed by atoms with Crippen molar-refractivity contribution in [1.29, 1.82) is 0 Å². The van der Waals surface area contributed by atoms with E-state index >= 15 is 0 Å². The molecule has 61 heavy (non-hydrogen) atoms. The third-order valence-corrected chi connectivity index (χ3v) is 13.1. The normalized spacial score (nSPS) is 17.5. The van der Waals surface area contributed by atoms with Crippen LogP contribution in [0.4, 0.5) is 0 Å². The lowest BCUT2D eigenvalue weighted by atomic mass is 9.74. The van der Waals surface area contributed by atoms with Crippen LogP contribution in [0.1, 0.15) is 38.1 Å². The minimum atomic E-state index is -0.237. The average molecular weight is 783 g/mol. The number of benzene rings is 8. The number of hydrogen-bond acceptors (Lipinski definition) is 1. The molecule has 0 saturated carbocycles. The van der Waals surface area contributed by atoms with Crippen molar-refractivity contribution in [3.8, 4) is 44.5 Å². The lowest BCUT2D eigenvalue weighted by Crippen LogP contribution is -2.21. The highest BCUT2D eigenvalue weighted by Crippen LogP contribution is 2.49. The zero-order chi connectivity index (χ0) is 40.9. The van der Waals surface area contributed by atoms with Crippen molar-refractivity contribution in [1.82, 2.24) is 9.55 Å². The van der Waals surface area contributed by atoms with Crippen LogP contribution in [-0.4, -0.2) is 9.55 Å². The molecule has 0 aliphatic heterocycles. The number of nitrogens with zero attached hydrogens (tertiary/aromatic N) is 2. The number of para-hydroxylation sites is 2. The minimum absolute atomic E-state index is 0.237. The lowest BCUT2D eigenvalue weighted by molar-refractivity contribution is 0.601. The summed E-state index contributed by atoms with van der Waals surface area (Å²) in [6, 6.07) is 64.4. The maximum atomic E-state index is 5.26. The predicted molar refractivity (Wildman–Crippen MR) is 259 cm³/mol. The van der Waals surface area contributed by atoms with Crippen LogP contribution in [0.3, 0.4) is 0 Å². The van der Waals surface area contributed by atoms with Gasteiger partial charge in [-0.3, -0.25) is 4.57 Å². The molecule has 0 fully saturated rings. The first-order chi connectivity index (χ1) is 30.1. The summed E-state index contributed by atoms with van der Waals surface area (Å²) in [4.78, 5) is 5.26. The Balaban J connectivity index is 1.12. The quantitative estimate of drug-likeness (QED) is 0.147. The van der Waals surface area contributed by atoms with E-state index in [9.17, 15) is 0 Å². The number of allylic oxidation sites excluding steroid dienone is 8. The van der Waals surface area contributed by atoms with Crippen molar-refractivity contribution in [2.45, 2.75) is 32.1 Å². The van der Waals surface area contributed by atoms with Crippen LogP contribution in [0, 0.1) is 5.92 Å². The first-order valence-electron chi connectivity index (χ1n) is 21.6. The Labute approximate surface area is 358 Å². The largest absolute Gasteiger partial charge is 0.296 e. The number of hydrogen-bond donors (Lipinski definition) is 0. The SMILES string of the molecule is CC1CC=CC=C1n1c(C2=CCC(C)(c3ccc4c(-c5ccccc5-c5ccccc5)c5ccccc5c(-c5ccccc5-c5ccccc5)c4c3)C=C2)nc2ccccc21. The molecular weight excluding hydrogens is 737 g/mol. The van der Waals surface area contributed by atoms with E-state index in [1.165, 1.54) is 82.9 Å². The lowest BCUT2D eigenvalue weighted by Gasteiger charge is -2.30. The first kappa shape index (κ1) is 36.8. The number of imidazole rings is 1. The van der Waals surface area contributed by atoms with Crippen molar-refractivity contribution in [3.63, 3.8) is 0 Å². The molecule has 2 unspecified atom stereocenters. The molecule has 0 amide bonds. The fourth-order valence-electron chi connectivity index (χ4n) is 9.88. The van der Waals surface area contributed by atoms with E-state index in [1.54, 1.807) is 0 Å². The van der Waals surface area contributed by atoms with Crippen molar-refractivity contribution in [2.75, 3.05) is 0 Å². The molecule has 2 aliphatic carbocycles. The highest BCUT2D eigenvalue weighted by molar-refractivity contribution is 6.23. The second kappa shape index (κ2) is 15.1. The standard InChI is InChI=1S/C59H46N2/c1-40-19-9-17-31-54(40)61-55-32-18-16-30-53(55)60-58(61)43-35-37-59(2,38-36-43)44-33-34-51-52(39-44)57(48-27-13-11-25-46(48)42-22-7-4-8-23-42)50-29-15-14-28-49(50)56(51)47-26-12-10-24-45(47)41-20-5-3-6-21-41/h3-18,20-37,39-40H,19,38H2,1-2H3. The molecule has 2 atom stereocenters. The van der Waals surface area contributed by atoms with E-state index in [2.05, 4.69) is 231 Å². The summed E-state index contributed by atoms with van der Waals surface area (Å²) in [5.41, 5.74) is 15.6. The molecule has 0 spiro atoms.